The molecule has 0 aromatic heterocycles. The highest BCUT2D eigenvalue weighted by atomic mass is 16.5. The second-order valence-corrected chi connectivity index (χ2v) is 5.77. The molecule has 1 aliphatic rings. The number of hydrogen-bond donors (Lipinski definition) is 1. The molecule has 2 rings (SSSR count). The van der Waals surface area contributed by atoms with Crippen molar-refractivity contribution in [1.82, 2.24) is 4.90 Å². The Morgan fingerprint density at radius 2 is 2.25 bits per heavy atom. The molecule has 1 aliphatic heterocycles. The van der Waals surface area contributed by atoms with Crippen molar-refractivity contribution in [2.75, 3.05) is 27.2 Å². The first-order valence-corrected chi connectivity index (χ1v) is 7.36. The molecule has 20 heavy (non-hydrogen) atoms. The standard InChI is InChI=1S/C16H26N2O2/c1-12(17)10-13-6-4-8-15(19-3)16(13)20-14-7-5-9-18(2)11-14/h4,6,8,12,14H,5,7,9-11,17H2,1-3H3. The molecule has 0 bridgehead atoms. The van der Waals surface area contributed by atoms with Gasteiger partial charge < -0.3 is 20.1 Å². The maximum absolute atomic E-state index is 6.26. The summed E-state index contributed by atoms with van der Waals surface area (Å²) in [7, 11) is 3.82. The van der Waals surface area contributed by atoms with Gasteiger partial charge in [-0.05, 0) is 51.4 Å². The highest BCUT2D eigenvalue weighted by molar-refractivity contribution is 5.47. The lowest BCUT2D eigenvalue weighted by Crippen LogP contribution is -2.38. The van der Waals surface area contributed by atoms with Gasteiger partial charge >= 0.3 is 0 Å². The topological polar surface area (TPSA) is 47.7 Å². The molecule has 0 saturated carbocycles. The van der Waals surface area contributed by atoms with Gasteiger partial charge in [-0.1, -0.05) is 12.1 Å². The second kappa shape index (κ2) is 6.95. The number of hydrogen-bond acceptors (Lipinski definition) is 4. The van der Waals surface area contributed by atoms with Gasteiger partial charge in [0, 0.05) is 12.6 Å². The minimum Gasteiger partial charge on any atom is -0.493 e. The molecule has 2 unspecified atom stereocenters. The zero-order valence-electron chi connectivity index (χ0n) is 12.8. The average Bonchev–Trinajstić information content (AvgIpc) is 2.40. The monoisotopic (exact) mass is 278 g/mol. The van der Waals surface area contributed by atoms with E-state index in [4.69, 9.17) is 15.2 Å². The van der Waals surface area contributed by atoms with Crippen molar-refractivity contribution in [2.24, 2.45) is 5.73 Å². The Bertz CT molecular complexity index is 434. The van der Waals surface area contributed by atoms with E-state index in [9.17, 15) is 0 Å². The van der Waals surface area contributed by atoms with Crippen LogP contribution in [0.1, 0.15) is 25.3 Å². The van der Waals surface area contributed by atoms with Crippen LogP contribution in [-0.2, 0) is 6.42 Å². The predicted octanol–water partition coefficient (Wildman–Crippen LogP) is 2.06. The average molecular weight is 278 g/mol. The zero-order chi connectivity index (χ0) is 14.5. The molecule has 0 spiro atoms. The third-order valence-electron chi connectivity index (χ3n) is 3.69. The summed E-state index contributed by atoms with van der Waals surface area (Å²) in [6, 6.07) is 6.13. The molecule has 2 atom stereocenters. The first-order valence-electron chi connectivity index (χ1n) is 7.36. The molecule has 0 radical (unpaired) electrons. The number of benzene rings is 1. The third kappa shape index (κ3) is 3.87. The van der Waals surface area contributed by atoms with E-state index in [1.54, 1.807) is 7.11 Å². The molecule has 112 valence electrons. The van der Waals surface area contributed by atoms with Crippen LogP contribution < -0.4 is 15.2 Å². The van der Waals surface area contributed by atoms with Gasteiger partial charge in [0.05, 0.1) is 7.11 Å². The number of nitrogens with zero attached hydrogens (tertiary/aromatic N) is 1. The number of para-hydroxylation sites is 1. The van der Waals surface area contributed by atoms with Crippen molar-refractivity contribution < 1.29 is 9.47 Å². The summed E-state index contributed by atoms with van der Waals surface area (Å²) in [5.41, 5.74) is 7.07. The Morgan fingerprint density at radius 3 is 2.90 bits per heavy atom. The van der Waals surface area contributed by atoms with Crippen LogP contribution in [0.5, 0.6) is 11.5 Å². The largest absolute Gasteiger partial charge is 0.493 e. The Morgan fingerprint density at radius 1 is 1.45 bits per heavy atom. The van der Waals surface area contributed by atoms with Crippen molar-refractivity contribution in [2.45, 2.75) is 38.3 Å². The van der Waals surface area contributed by atoms with Gasteiger partial charge in [-0.15, -0.1) is 0 Å². The summed E-state index contributed by atoms with van der Waals surface area (Å²) >= 11 is 0. The first kappa shape index (κ1) is 15.1. The van der Waals surface area contributed by atoms with Crippen LogP contribution in [0, 0.1) is 0 Å². The summed E-state index contributed by atoms with van der Waals surface area (Å²) in [4.78, 5) is 2.31. The zero-order valence-corrected chi connectivity index (χ0v) is 12.8. The number of likely N-dealkylation sites (tertiary alicyclic amines) is 1. The predicted molar refractivity (Wildman–Crippen MR) is 81.5 cm³/mol. The summed E-state index contributed by atoms with van der Waals surface area (Å²) in [6.45, 7) is 4.13. The van der Waals surface area contributed by atoms with Crippen molar-refractivity contribution in [1.29, 1.82) is 0 Å². The van der Waals surface area contributed by atoms with Gasteiger partial charge in [-0.25, -0.2) is 0 Å². The summed E-state index contributed by atoms with van der Waals surface area (Å²) < 4.78 is 11.7. The van der Waals surface area contributed by atoms with E-state index < -0.39 is 0 Å². The first-order chi connectivity index (χ1) is 9.60. The Hall–Kier alpha value is -1.26. The number of piperidine rings is 1. The Balaban J connectivity index is 2.18. The van der Waals surface area contributed by atoms with E-state index >= 15 is 0 Å². The molecule has 2 N–H and O–H groups in total. The van der Waals surface area contributed by atoms with Crippen LogP contribution in [0.2, 0.25) is 0 Å². The number of methoxy groups -OCH3 is 1. The lowest BCUT2D eigenvalue weighted by atomic mass is 10.0. The van der Waals surface area contributed by atoms with E-state index in [1.165, 1.54) is 6.42 Å². The second-order valence-electron chi connectivity index (χ2n) is 5.77. The summed E-state index contributed by atoms with van der Waals surface area (Å²) in [5, 5.41) is 0. The molecule has 4 heteroatoms. The van der Waals surface area contributed by atoms with E-state index in [1.807, 2.05) is 19.1 Å². The van der Waals surface area contributed by atoms with Crippen molar-refractivity contribution in [3.63, 3.8) is 0 Å². The van der Waals surface area contributed by atoms with E-state index in [0.717, 1.165) is 43.0 Å². The van der Waals surface area contributed by atoms with Crippen LogP contribution in [0.25, 0.3) is 0 Å². The highest BCUT2D eigenvalue weighted by Crippen LogP contribution is 2.33. The van der Waals surface area contributed by atoms with Gasteiger partial charge in [-0.2, -0.15) is 0 Å². The Labute approximate surface area is 121 Å². The third-order valence-corrected chi connectivity index (χ3v) is 3.69. The van der Waals surface area contributed by atoms with E-state index in [-0.39, 0.29) is 12.1 Å². The maximum Gasteiger partial charge on any atom is 0.164 e. The molecule has 1 fully saturated rings. The quantitative estimate of drug-likeness (QED) is 0.895. The van der Waals surface area contributed by atoms with Crippen LogP contribution in [0.15, 0.2) is 18.2 Å². The lowest BCUT2D eigenvalue weighted by Gasteiger charge is -2.31. The van der Waals surface area contributed by atoms with Gasteiger partial charge in [0.25, 0.3) is 0 Å². The minimum atomic E-state index is 0.110. The van der Waals surface area contributed by atoms with Crippen molar-refractivity contribution in [3.05, 3.63) is 23.8 Å². The fraction of sp³-hybridized carbons (Fsp3) is 0.625. The normalized spacial score (nSPS) is 21.5. The summed E-state index contributed by atoms with van der Waals surface area (Å²) in [5.74, 6) is 1.67. The fourth-order valence-electron chi connectivity index (χ4n) is 2.75. The fourth-order valence-corrected chi connectivity index (χ4v) is 2.75. The van der Waals surface area contributed by atoms with Gasteiger partial charge in [-0.3, -0.25) is 0 Å². The molecule has 4 nitrogen and oxygen atoms in total. The lowest BCUT2D eigenvalue weighted by molar-refractivity contribution is 0.100. The molecule has 1 aromatic rings. The van der Waals surface area contributed by atoms with Crippen molar-refractivity contribution >= 4 is 0 Å². The van der Waals surface area contributed by atoms with E-state index in [2.05, 4.69) is 18.0 Å². The number of likely N-dealkylation sites (N-methyl/N-ethyl adjacent to an activating group) is 1. The molecule has 0 aliphatic carbocycles. The number of nitrogens with two attached hydrogens (primary N) is 1. The maximum atomic E-state index is 6.26. The Kier molecular flexibility index (Phi) is 5.26. The number of rotatable bonds is 5. The van der Waals surface area contributed by atoms with Crippen molar-refractivity contribution in [3.8, 4) is 11.5 Å². The molecular weight excluding hydrogens is 252 g/mol. The highest BCUT2D eigenvalue weighted by Gasteiger charge is 2.21. The minimum absolute atomic E-state index is 0.110. The molecule has 0 amide bonds. The van der Waals surface area contributed by atoms with Crippen LogP contribution in [0.3, 0.4) is 0 Å². The summed E-state index contributed by atoms with van der Waals surface area (Å²) in [6.07, 6.45) is 3.31. The molecule has 1 aromatic carbocycles. The molecular formula is C16H26N2O2. The SMILES string of the molecule is COc1cccc(CC(C)N)c1OC1CCCN(C)C1. The smallest absolute Gasteiger partial charge is 0.164 e. The van der Waals surface area contributed by atoms with Gasteiger partial charge in [0.15, 0.2) is 11.5 Å². The molecule has 1 saturated heterocycles. The van der Waals surface area contributed by atoms with Gasteiger partial charge in [0.2, 0.25) is 0 Å². The van der Waals surface area contributed by atoms with E-state index in [0.29, 0.717) is 0 Å². The van der Waals surface area contributed by atoms with Gasteiger partial charge in [0.1, 0.15) is 6.10 Å². The van der Waals surface area contributed by atoms with Crippen LogP contribution in [0.4, 0.5) is 0 Å². The molecule has 1 heterocycles. The van der Waals surface area contributed by atoms with Crippen LogP contribution >= 0.6 is 0 Å². The number of ether oxygens (including phenoxy) is 2. The van der Waals surface area contributed by atoms with Crippen LogP contribution in [-0.4, -0.2) is 44.3 Å².